The average Bonchev–Trinajstić information content (AvgIpc) is 3.41. The van der Waals surface area contributed by atoms with Crippen LogP contribution >= 0.6 is 24.0 Å². The van der Waals surface area contributed by atoms with E-state index in [0.717, 1.165) is 17.7 Å². The van der Waals surface area contributed by atoms with E-state index < -0.39 is 0 Å². The minimum Gasteiger partial charge on any atom is -0.357 e. The van der Waals surface area contributed by atoms with Crippen LogP contribution in [0.5, 0.6) is 0 Å². The minimum absolute atomic E-state index is 0. The van der Waals surface area contributed by atoms with Crippen LogP contribution in [0.1, 0.15) is 25.8 Å². The standard InChI is InChI=1S/C23H29N5O3.HI/c1-3-24-23(26-13-15-5-4-6-18(11-15)27-14(2)29)25-9-10-28-21(30)19-16-7-8-17(12-16)20(19)22(28)31;/h4-8,11,16-17,19-20H,3,9-10,12-13H2,1-2H3,(H,27,29)(H2,24,25,26);1H. The summed E-state index contributed by atoms with van der Waals surface area (Å²) in [6.45, 7) is 5.36. The van der Waals surface area contributed by atoms with Gasteiger partial charge in [-0.25, -0.2) is 4.99 Å². The third-order valence-electron chi connectivity index (χ3n) is 6.20. The monoisotopic (exact) mass is 551 g/mol. The Morgan fingerprint density at radius 2 is 1.81 bits per heavy atom. The van der Waals surface area contributed by atoms with Crippen molar-refractivity contribution >= 4 is 53.3 Å². The summed E-state index contributed by atoms with van der Waals surface area (Å²) in [5.41, 5.74) is 1.70. The number of fused-ring (bicyclic) bond motifs is 5. The molecule has 2 bridgehead atoms. The van der Waals surface area contributed by atoms with Gasteiger partial charge in [-0.05, 0) is 42.9 Å². The number of hydrogen-bond acceptors (Lipinski definition) is 4. The highest BCUT2D eigenvalue weighted by Crippen LogP contribution is 2.52. The minimum atomic E-state index is -0.153. The first-order valence-corrected chi connectivity index (χ1v) is 10.9. The van der Waals surface area contributed by atoms with E-state index >= 15 is 0 Å². The van der Waals surface area contributed by atoms with Gasteiger partial charge in [0.15, 0.2) is 5.96 Å². The number of nitrogens with zero attached hydrogens (tertiary/aromatic N) is 2. The molecule has 32 heavy (non-hydrogen) atoms. The number of likely N-dealkylation sites (tertiary alicyclic amines) is 1. The van der Waals surface area contributed by atoms with Gasteiger partial charge < -0.3 is 16.0 Å². The van der Waals surface area contributed by atoms with Crippen LogP contribution in [0.3, 0.4) is 0 Å². The largest absolute Gasteiger partial charge is 0.357 e. The van der Waals surface area contributed by atoms with Crippen LogP contribution in [0.4, 0.5) is 5.69 Å². The molecule has 1 saturated heterocycles. The van der Waals surface area contributed by atoms with E-state index in [4.69, 9.17) is 0 Å². The molecule has 0 radical (unpaired) electrons. The maximum Gasteiger partial charge on any atom is 0.233 e. The Hall–Kier alpha value is -2.43. The number of halogens is 1. The normalized spacial score (nSPS) is 25.6. The Labute approximate surface area is 205 Å². The Kier molecular flexibility index (Phi) is 7.91. The zero-order valence-electron chi connectivity index (χ0n) is 18.3. The quantitative estimate of drug-likeness (QED) is 0.159. The van der Waals surface area contributed by atoms with Crippen LogP contribution in [0, 0.1) is 23.7 Å². The lowest BCUT2D eigenvalue weighted by atomic mass is 9.85. The summed E-state index contributed by atoms with van der Waals surface area (Å²) < 4.78 is 0. The van der Waals surface area contributed by atoms with Crippen molar-refractivity contribution in [2.24, 2.45) is 28.7 Å². The molecule has 1 heterocycles. The van der Waals surface area contributed by atoms with Gasteiger partial charge in [-0.2, -0.15) is 0 Å². The number of rotatable bonds is 7. The van der Waals surface area contributed by atoms with Gasteiger partial charge in [0.1, 0.15) is 0 Å². The molecule has 1 aromatic carbocycles. The third-order valence-corrected chi connectivity index (χ3v) is 6.20. The topological polar surface area (TPSA) is 103 Å². The fraction of sp³-hybridized carbons (Fsp3) is 0.478. The highest BCUT2D eigenvalue weighted by Gasteiger charge is 2.58. The van der Waals surface area contributed by atoms with Gasteiger partial charge >= 0.3 is 0 Å². The number of guanidine groups is 1. The lowest BCUT2D eigenvalue weighted by molar-refractivity contribution is -0.140. The van der Waals surface area contributed by atoms with E-state index in [1.54, 1.807) is 0 Å². The summed E-state index contributed by atoms with van der Waals surface area (Å²) >= 11 is 0. The van der Waals surface area contributed by atoms with Crippen molar-refractivity contribution in [2.75, 3.05) is 25.0 Å². The molecular formula is C23H30IN5O3. The molecule has 4 atom stereocenters. The molecule has 0 spiro atoms. The molecule has 0 aromatic heterocycles. The van der Waals surface area contributed by atoms with Gasteiger partial charge in [0.25, 0.3) is 0 Å². The molecule has 172 valence electrons. The van der Waals surface area contributed by atoms with E-state index in [2.05, 4.69) is 33.1 Å². The molecule has 9 heteroatoms. The molecule has 8 nitrogen and oxygen atoms in total. The summed E-state index contributed by atoms with van der Waals surface area (Å²) in [7, 11) is 0. The van der Waals surface area contributed by atoms with E-state index in [-0.39, 0.29) is 65.4 Å². The number of nitrogens with one attached hydrogen (secondary N) is 3. The first-order valence-electron chi connectivity index (χ1n) is 10.9. The highest BCUT2D eigenvalue weighted by molar-refractivity contribution is 14.0. The number of carbonyl (C=O) groups is 3. The van der Waals surface area contributed by atoms with Crippen molar-refractivity contribution in [2.45, 2.75) is 26.8 Å². The summed E-state index contributed by atoms with van der Waals surface area (Å²) in [4.78, 5) is 42.8. The molecule has 4 rings (SSSR count). The van der Waals surface area contributed by atoms with Gasteiger partial charge in [0.2, 0.25) is 17.7 Å². The van der Waals surface area contributed by atoms with Crippen molar-refractivity contribution < 1.29 is 14.4 Å². The van der Waals surface area contributed by atoms with Gasteiger partial charge in [-0.15, -0.1) is 24.0 Å². The number of hydrogen-bond donors (Lipinski definition) is 3. The highest BCUT2D eigenvalue weighted by atomic mass is 127. The Morgan fingerprint density at radius 3 is 2.44 bits per heavy atom. The Bertz CT molecular complexity index is 917. The summed E-state index contributed by atoms with van der Waals surface area (Å²) in [6, 6.07) is 7.54. The molecule has 3 N–H and O–H groups in total. The van der Waals surface area contributed by atoms with E-state index in [1.165, 1.54) is 11.8 Å². The number of amides is 3. The SMILES string of the molecule is CCNC(=NCc1cccc(NC(C)=O)c1)NCCN1C(=O)C2C3C=CC(C3)C2C1=O.I. The summed E-state index contributed by atoms with van der Waals surface area (Å²) in [6.07, 6.45) is 5.16. The number of allylic oxidation sites excluding steroid dienone is 2. The maximum absolute atomic E-state index is 12.8. The zero-order valence-corrected chi connectivity index (χ0v) is 20.7. The molecular weight excluding hydrogens is 521 g/mol. The molecule has 2 aliphatic carbocycles. The average molecular weight is 551 g/mol. The number of anilines is 1. The van der Waals surface area contributed by atoms with Gasteiger partial charge in [-0.3, -0.25) is 19.3 Å². The number of aliphatic imine (C=N–C) groups is 1. The predicted octanol–water partition coefficient (Wildman–Crippen LogP) is 2.13. The van der Waals surface area contributed by atoms with Crippen molar-refractivity contribution in [3.63, 3.8) is 0 Å². The third kappa shape index (κ3) is 4.97. The molecule has 1 aromatic rings. The Balaban J connectivity index is 0.00000289. The van der Waals surface area contributed by atoms with Gasteiger partial charge in [0.05, 0.1) is 18.4 Å². The lowest BCUT2D eigenvalue weighted by Crippen LogP contribution is -2.43. The smallest absolute Gasteiger partial charge is 0.233 e. The van der Waals surface area contributed by atoms with Crippen LogP contribution in [0.25, 0.3) is 0 Å². The van der Waals surface area contributed by atoms with Crippen LogP contribution in [0.15, 0.2) is 41.4 Å². The second-order valence-electron chi connectivity index (χ2n) is 8.33. The molecule has 3 aliphatic rings. The number of imide groups is 1. The maximum atomic E-state index is 12.8. The first kappa shape index (κ1) is 24.2. The summed E-state index contributed by atoms with van der Waals surface area (Å²) in [5, 5.41) is 9.17. The van der Waals surface area contributed by atoms with Crippen molar-refractivity contribution in [3.05, 3.63) is 42.0 Å². The second-order valence-corrected chi connectivity index (χ2v) is 8.33. The van der Waals surface area contributed by atoms with Gasteiger partial charge in [-0.1, -0.05) is 24.3 Å². The molecule has 4 unspecified atom stereocenters. The lowest BCUT2D eigenvalue weighted by Gasteiger charge is -2.18. The molecule has 1 aliphatic heterocycles. The molecule has 2 fully saturated rings. The van der Waals surface area contributed by atoms with Crippen molar-refractivity contribution in [3.8, 4) is 0 Å². The van der Waals surface area contributed by atoms with Crippen LogP contribution in [0.2, 0.25) is 0 Å². The van der Waals surface area contributed by atoms with Crippen molar-refractivity contribution in [1.82, 2.24) is 15.5 Å². The van der Waals surface area contributed by atoms with E-state index in [9.17, 15) is 14.4 Å². The second kappa shape index (κ2) is 10.5. The number of carbonyl (C=O) groups excluding carboxylic acids is 3. The predicted molar refractivity (Wildman–Crippen MR) is 133 cm³/mol. The zero-order chi connectivity index (χ0) is 22.0. The fourth-order valence-electron chi connectivity index (χ4n) is 4.93. The Morgan fingerprint density at radius 1 is 1.12 bits per heavy atom. The van der Waals surface area contributed by atoms with E-state index in [1.807, 2.05) is 31.2 Å². The molecule has 1 saturated carbocycles. The first-order chi connectivity index (χ1) is 15.0. The van der Waals surface area contributed by atoms with Crippen LogP contribution in [-0.4, -0.2) is 48.2 Å². The number of benzene rings is 1. The van der Waals surface area contributed by atoms with Gasteiger partial charge in [0, 0.05) is 32.2 Å². The van der Waals surface area contributed by atoms with E-state index in [0.29, 0.717) is 32.1 Å². The fourth-order valence-corrected chi connectivity index (χ4v) is 4.93. The van der Waals surface area contributed by atoms with Crippen molar-refractivity contribution in [1.29, 1.82) is 0 Å². The summed E-state index contributed by atoms with van der Waals surface area (Å²) in [5.74, 6) is 0.618. The van der Waals surface area contributed by atoms with Crippen LogP contribution in [-0.2, 0) is 20.9 Å². The van der Waals surface area contributed by atoms with Crippen LogP contribution < -0.4 is 16.0 Å². The molecule has 3 amide bonds.